The third-order valence-electron chi connectivity index (χ3n) is 3.97. The van der Waals surface area contributed by atoms with Gasteiger partial charge in [-0.2, -0.15) is 0 Å². The number of carbonyl (C=O) groups is 1. The molecule has 1 aliphatic rings. The van der Waals surface area contributed by atoms with Crippen molar-refractivity contribution in [2.24, 2.45) is 0 Å². The van der Waals surface area contributed by atoms with Gasteiger partial charge in [-0.05, 0) is 37.7 Å². The van der Waals surface area contributed by atoms with Crippen molar-refractivity contribution in [2.45, 2.75) is 57.5 Å². The minimum absolute atomic E-state index is 0.0747. The Morgan fingerprint density at radius 2 is 2.16 bits per heavy atom. The highest BCUT2D eigenvalue weighted by atomic mass is 16.5. The molecule has 1 aliphatic heterocycles. The molecule has 1 aromatic carbocycles. The van der Waals surface area contributed by atoms with Crippen LogP contribution in [0.4, 0.5) is 0 Å². The molecule has 0 N–H and O–H groups in total. The molecule has 1 fully saturated rings. The van der Waals surface area contributed by atoms with Crippen molar-refractivity contribution < 1.29 is 9.53 Å². The molecule has 0 spiro atoms. The average Bonchev–Trinajstić information content (AvgIpc) is 2.94. The summed E-state index contributed by atoms with van der Waals surface area (Å²) in [5.74, 6) is 0.456. The molecule has 2 heteroatoms. The molecule has 0 saturated carbocycles. The van der Waals surface area contributed by atoms with E-state index in [1.807, 2.05) is 18.2 Å². The Balaban J connectivity index is 1.80. The van der Waals surface area contributed by atoms with Gasteiger partial charge in [-0.15, -0.1) is 0 Å². The van der Waals surface area contributed by atoms with Gasteiger partial charge >= 0.3 is 0 Å². The maximum absolute atomic E-state index is 12.3. The van der Waals surface area contributed by atoms with Crippen molar-refractivity contribution >= 4 is 5.78 Å². The fourth-order valence-corrected chi connectivity index (χ4v) is 2.88. The first kappa shape index (κ1) is 14.3. The zero-order valence-electron chi connectivity index (χ0n) is 11.8. The number of ketones is 1. The van der Waals surface area contributed by atoms with Crippen LogP contribution in [0.15, 0.2) is 30.3 Å². The van der Waals surface area contributed by atoms with Crippen LogP contribution in [0.2, 0.25) is 0 Å². The molecule has 2 unspecified atom stereocenters. The van der Waals surface area contributed by atoms with E-state index in [-0.39, 0.29) is 5.92 Å². The van der Waals surface area contributed by atoms with Crippen molar-refractivity contribution in [3.05, 3.63) is 35.9 Å². The highest BCUT2D eigenvalue weighted by Crippen LogP contribution is 2.24. The average molecular weight is 260 g/mol. The fraction of sp³-hybridized carbons (Fsp3) is 0.588. The lowest BCUT2D eigenvalue weighted by atomic mass is 9.89. The van der Waals surface area contributed by atoms with E-state index in [4.69, 9.17) is 4.74 Å². The van der Waals surface area contributed by atoms with E-state index in [0.29, 0.717) is 18.3 Å². The summed E-state index contributed by atoms with van der Waals surface area (Å²) < 4.78 is 5.59. The Labute approximate surface area is 116 Å². The van der Waals surface area contributed by atoms with Crippen LogP contribution in [0.25, 0.3) is 0 Å². The minimum atomic E-state index is 0.0747. The van der Waals surface area contributed by atoms with E-state index in [2.05, 4.69) is 19.1 Å². The van der Waals surface area contributed by atoms with Gasteiger partial charge in [-0.1, -0.05) is 37.3 Å². The highest BCUT2D eigenvalue weighted by Gasteiger charge is 2.20. The molecule has 0 bridgehead atoms. The Morgan fingerprint density at radius 1 is 1.37 bits per heavy atom. The van der Waals surface area contributed by atoms with E-state index in [1.165, 1.54) is 12.8 Å². The number of ether oxygens (including phenoxy) is 1. The lowest BCUT2D eigenvalue weighted by molar-refractivity contribution is -0.120. The maximum atomic E-state index is 12.3. The Morgan fingerprint density at radius 3 is 2.79 bits per heavy atom. The maximum Gasteiger partial charge on any atom is 0.140 e. The van der Waals surface area contributed by atoms with Gasteiger partial charge < -0.3 is 4.74 Å². The summed E-state index contributed by atoms with van der Waals surface area (Å²) in [5, 5.41) is 0. The topological polar surface area (TPSA) is 26.3 Å². The number of benzene rings is 1. The van der Waals surface area contributed by atoms with Crippen LogP contribution in [0.3, 0.4) is 0 Å². The summed E-state index contributed by atoms with van der Waals surface area (Å²) in [6.07, 6.45) is 6.34. The van der Waals surface area contributed by atoms with Crippen LogP contribution in [0.5, 0.6) is 0 Å². The Kier molecular flexibility index (Phi) is 5.59. The van der Waals surface area contributed by atoms with Gasteiger partial charge in [0.25, 0.3) is 0 Å². The van der Waals surface area contributed by atoms with E-state index in [9.17, 15) is 4.79 Å². The predicted octanol–water partition coefficient (Wildman–Crippen LogP) is 4.10. The molecular weight excluding hydrogens is 236 g/mol. The van der Waals surface area contributed by atoms with E-state index < -0.39 is 0 Å². The highest BCUT2D eigenvalue weighted by molar-refractivity contribution is 5.85. The van der Waals surface area contributed by atoms with Gasteiger partial charge in [0.2, 0.25) is 0 Å². The first-order chi connectivity index (χ1) is 9.31. The summed E-state index contributed by atoms with van der Waals surface area (Å²) >= 11 is 0. The molecule has 1 heterocycles. The van der Waals surface area contributed by atoms with Gasteiger partial charge in [0.1, 0.15) is 5.78 Å². The SMILES string of the molecule is CCC(C(=O)CCCC1CCCO1)c1ccccc1. The van der Waals surface area contributed by atoms with Crippen molar-refractivity contribution in [1.82, 2.24) is 0 Å². The Bertz CT molecular complexity index is 380. The molecule has 1 aromatic rings. The van der Waals surface area contributed by atoms with Crippen LogP contribution >= 0.6 is 0 Å². The van der Waals surface area contributed by atoms with Crippen molar-refractivity contribution in [1.29, 1.82) is 0 Å². The standard InChI is InChI=1S/C17H24O2/c1-2-16(14-8-4-3-5-9-14)17(18)12-6-10-15-11-7-13-19-15/h3-5,8-9,15-16H,2,6-7,10-13H2,1H3. The predicted molar refractivity (Wildman–Crippen MR) is 77.3 cm³/mol. The monoisotopic (exact) mass is 260 g/mol. The largest absolute Gasteiger partial charge is 0.378 e. The fourth-order valence-electron chi connectivity index (χ4n) is 2.88. The van der Waals surface area contributed by atoms with Crippen molar-refractivity contribution in [2.75, 3.05) is 6.61 Å². The second-order valence-electron chi connectivity index (χ2n) is 5.37. The molecular formula is C17H24O2. The number of hydrogen-bond acceptors (Lipinski definition) is 2. The summed E-state index contributed by atoms with van der Waals surface area (Å²) in [5.41, 5.74) is 1.16. The second-order valence-corrected chi connectivity index (χ2v) is 5.37. The second kappa shape index (κ2) is 7.44. The minimum Gasteiger partial charge on any atom is -0.378 e. The smallest absolute Gasteiger partial charge is 0.140 e. The molecule has 0 aliphatic carbocycles. The van der Waals surface area contributed by atoms with E-state index in [1.54, 1.807) is 0 Å². The lowest BCUT2D eigenvalue weighted by Gasteiger charge is -2.15. The molecule has 0 amide bonds. The summed E-state index contributed by atoms with van der Waals surface area (Å²) in [6.45, 7) is 3.00. The third kappa shape index (κ3) is 4.17. The van der Waals surface area contributed by atoms with Gasteiger partial charge in [0, 0.05) is 18.9 Å². The quantitative estimate of drug-likeness (QED) is 0.738. The van der Waals surface area contributed by atoms with Crippen LogP contribution in [0.1, 0.15) is 56.9 Å². The number of carbonyl (C=O) groups excluding carboxylic acids is 1. The Hall–Kier alpha value is -1.15. The molecule has 1 saturated heterocycles. The molecule has 0 radical (unpaired) electrons. The van der Waals surface area contributed by atoms with Crippen LogP contribution < -0.4 is 0 Å². The molecule has 2 nitrogen and oxygen atoms in total. The normalized spacial score (nSPS) is 20.4. The summed E-state index contributed by atoms with van der Waals surface area (Å²) in [7, 11) is 0. The summed E-state index contributed by atoms with van der Waals surface area (Å²) in [6, 6.07) is 10.1. The molecule has 2 rings (SSSR count). The first-order valence-corrected chi connectivity index (χ1v) is 7.50. The van der Waals surface area contributed by atoms with Crippen LogP contribution in [-0.4, -0.2) is 18.5 Å². The number of Topliss-reactive ketones (excluding diaryl/α,β-unsaturated/α-hetero) is 1. The van der Waals surface area contributed by atoms with Crippen molar-refractivity contribution in [3.8, 4) is 0 Å². The molecule has 19 heavy (non-hydrogen) atoms. The van der Waals surface area contributed by atoms with Gasteiger partial charge in [0.15, 0.2) is 0 Å². The number of rotatable bonds is 7. The molecule has 0 aromatic heterocycles. The van der Waals surface area contributed by atoms with Crippen LogP contribution in [0, 0.1) is 0 Å². The number of hydrogen-bond donors (Lipinski definition) is 0. The zero-order chi connectivity index (χ0) is 13.5. The summed E-state index contributed by atoms with van der Waals surface area (Å²) in [4.78, 5) is 12.3. The van der Waals surface area contributed by atoms with Gasteiger partial charge in [0.05, 0.1) is 6.10 Å². The van der Waals surface area contributed by atoms with Gasteiger partial charge in [-0.3, -0.25) is 4.79 Å². The van der Waals surface area contributed by atoms with E-state index in [0.717, 1.165) is 31.4 Å². The van der Waals surface area contributed by atoms with Crippen LogP contribution in [-0.2, 0) is 9.53 Å². The first-order valence-electron chi connectivity index (χ1n) is 7.50. The van der Waals surface area contributed by atoms with E-state index >= 15 is 0 Å². The van der Waals surface area contributed by atoms with Gasteiger partial charge in [-0.25, -0.2) is 0 Å². The molecule has 2 atom stereocenters. The lowest BCUT2D eigenvalue weighted by Crippen LogP contribution is -2.13. The van der Waals surface area contributed by atoms with Crippen molar-refractivity contribution in [3.63, 3.8) is 0 Å². The molecule has 104 valence electrons. The third-order valence-corrected chi connectivity index (χ3v) is 3.97. The zero-order valence-corrected chi connectivity index (χ0v) is 11.8.